The van der Waals surface area contributed by atoms with Crippen LogP contribution in [0.2, 0.25) is 0 Å². The number of rotatable bonds is 6. The molecule has 3 aromatic rings. The average Bonchev–Trinajstić information content (AvgIpc) is 3.33. The van der Waals surface area contributed by atoms with E-state index < -0.39 is 12.6 Å². The van der Waals surface area contributed by atoms with Gasteiger partial charge in [-0.3, -0.25) is 9.59 Å². The second-order valence-corrected chi connectivity index (χ2v) is 6.84. The first-order valence-electron chi connectivity index (χ1n) is 9.32. The van der Waals surface area contributed by atoms with Crippen LogP contribution in [0.15, 0.2) is 54.7 Å². The summed E-state index contributed by atoms with van der Waals surface area (Å²) in [7, 11) is 1.43. The molecule has 1 atom stereocenters. The quantitative estimate of drug-likeness (QED) is 0.500. The normalized spacial score (nSPS) is 14.7. The van der Waals surface area contributed by atoms with Crippen LogP contribution in [0.5, 0.6) is 5.75 Å². The highest BCUT2D eigenvalue weighted by Gasteiger charge is 2.27. The zero-order valence-electron chi connectivity index (χ0n) is 16.4. The number of hydrogen-bond acceptors (Lipinski definition) is 6. The number of para-hydroxylation sites is 1. The van der Waals surface area contributed by atoms with Crippen molar-refractivity contribution in [2.24, 2.45) is 0 Å². The first-order valence-corrected chi connectivity index (χ1v) is 9.32. The van der Waals surface area contributed by atoms with Gasteiger partial charge in [-0.05, 0) is 42.8 Å². The van der Waals surface area contributed by atoms with E-state index in [1.54, 1.807) is 31.3 Å². The van der Waals surface area contributed by atoms with Gasteiger partial charge in [-0.1, -0.05) is 18.2 Å². The van der Waals surface area contributed by atoms with Crippen molar-refractivity contribution in [3.8, 4) is 11.4 Å². The van der Waals surface area contributed by atoms with Crippen LogP contribution >= 0.6 is 0 Å². The molecule has 1 aliphatic heterocycles. The van der Waals surface area contributed by atoms with Crippen molar-refractivity contribution in [1.82, 2.24) is 9.78 Å². The van der Waals surface area contributed by atoms with E-state index in [1.807, 2.05) is 30.3 Å². The molecule has 1 aliphatic rings. The number of nitrogens with one attached hydrogen (secondary N) is 1. The summed E-state index contributed by atoms with van der Waals surface area (Å²) in [6, 6.07) is 14.2. The number of anilines is 1. The molecule has 0 saturated carbocycles. The summed E-state index contributed by atoms with van der Waals surface area (Å²) in [4.78, 5) is 36.8. The van der Waals surface area contributed by atoms with E-state index in [-0.39, 0.29) is 29.1 Å². The zero-order chi connectivity index (χ0) is 21.3. The number of aromatic nitrogens is 2. The predicted molar refractivity (Wildman–Crippen MR) is 108 cm³/mol. The summed E-state index contributed by atoms with van der Waals surface area (Å²) < 4.78 is 11.9. The van der Waals surface area contributed by atoms with Crippen LogP contribution in [0.4, 0.5) is 5.69 Å². The van der Waals surface area contributed by atoms with Crippen LogP contribution in [-0.4, -0.2) is 41.2 Å². The van der Waals surface area contributed by atoms with Crippen LogP contribution in [-0.2, 0) is 9.53 Å². The molecular weight excluding hydrogens is 386 g/mol. The molecule has 1 amide bonds. The van der Waals surface area contributed by atoms with Crippen molar-refractivity contribution in [2.75, 3.05) is 19.0 Å². The number of nitrogens with zero attached hydrogens (tertiary/aromatic N) is 2. The molecule has 8 nitrogen and oxygen atoms in total. The minimum atomic E-state index is -0.763. The van der Waals surface area contributed by atoms with E-state index in [9.17, 15) is 14.4 Å². The lowest BCUT2D eigenvalue weighted by Gasteiger charge is -2.06. The number of benzene rings is 2. The van der Waals surface area contributed by atoms with Crippen molar-refractivity contribution >= 4 is 23.3 Å². The zero-order valence-corrected chi connectivity index (χ0v) is 16.4. The monoisotopic (exact) mass is 405 g/mol. The molecule has 30 heavy (non-hydrogen) atoms. The van der Waals surface area contributed by atoms with E-state index in [0.717, 1.165) is 11.3 Å². The summed E-state index contributed by atoms with van der Waals surface area (Å²) in [6.07, 6.45) is 1.57. The van der Waals surface area contributed by atoms with Crippen LogP contribution in [0, 0.1) is 0 Å². The number of esters is 1. The van der Waals surface area contributed by atoms with Gasteiger partial charge in [-0.2, -0.15) is 5.10 Å². The molecule has 0 fully saturated rings. The first-order chi connectivity index (χ1) is 14.5. The van der Waals surface area contributed by atoms with Gasteiger partial charge >= 0.3 is 5.97 Å². The number of amides is 1. The molecule has 0 saturated heterocycles. The maximum absolute atomic E-state index is 12.5. The van der Waals surface area contributed by atoms with E-state index >= 15 is 0 Å². The van der Waals surface area contributed by atoms with Gasteiger partial charge in [-0.25, -0.2) is 9.48 Å². The average molecular weight is 405 g/mol. The largest absolute Gasteiger partial charge is 0.493 e. The maximum atomic E-state index is 12.5. The molecule has 152 valence electrons. The van der Waals surface area contributed by atoms with Crippen molar-refractivity contribution < 1.29 is 23.9 Å². The number of ketones is 1. The number of fused-ring (bicyclic) bond motifs is 1. The standard InChI is InChI=1S/C22H19N3O5/c1-13-16-10-14(8-9-17(16)23-21(13)27)18(26)12-30-22(28)20-19(29-2)11-25(24-20)15-6-4-3-5-7-15/h3-11,13H,12H2,1-2H3,(H,23,27)/t13-/m1/s1. The lowest BCUT2D eigenvalue weighted by atomic mass is 9.99. The Morgan fingerprint density at radius 1 is 1.17 bits per heavy atom. The van der Waals surface area contributed by atoms with Crippen LogP contribution in [0.3, 0.4) is 0 Å². The predicted octanol–water partition coefficient (Wildman–Crippen LogP) is 2.98. The second kappa shape index (κ2) is 7.82. The first kappa shape index (κ1) is 19.4. The van der Waals surface area contributed by atoms with Gasteiger partial charge < -0.3 is 14.8 Å². The lowest BCUT2D eigenvalue weighted by Crippen LogP contribution is -2.15. The highest BCUT2D eigenvalue weighted by Crippen LogP contribution is 2.32. The SMILES string of the molecule is COc1cn(-c2ccccc2)nc1C(=O)OCC(=O)c1ccc2c(c1)[C@@H](C)C(=O)N2. The van der Waals surface area contributed by atoms with Gasteiger partial charge in [0, 0.05) is 11.3 Å². The Morgan fingerprint density at radius 2 is 1.93 bits per heavy atom. The Hall–Kier alpha value is -3.94. The van der Waals surface area contributed by atoms with E-state index in [0.29, 0.717) is 11.3 Å². The number of carbonyl (C=O) groups is 3. The van der Waals surface area contributed by atoms with Gasteiger partial charge in [0.15, 0.2) is 18.1 Å². The Kier molecular flexibility index (Phi) is 5.05. The fourth-order valence-electron chi connectivity index (χ4n) is 3.24. The summed E-state index contributed by atoms with van der Waals surface area (Å²) in [5.41, 5.74) is 2.54. The van der Waals surface area contributed by atoms with Crippen molar-refractivity contribution in [2.45, 2.75) is 12.8 Å². The molecule has 2 aromatic carbocycles. The third kappa shape index (κ3) is 3.55. The molecule has 0 unspecified atom stereocenters. The van der Waals surface area contributed by atoms with Crippen LogP contribution < -0.4 is 10.1 Å². The Balaban J connectivity index is 1.47. The van der Waals surface area contributed by atoms with Crippen molar-refractivity contribution in [3.63, 3.8) is 0 Å². The number of hydrogen-bond donors (Lipinski definition) is 1. The number of methoxy groups -OCH3 is 1. The molecule has 4 rings (SSSR count). The minimum absolute atomic E-state index is 0.0217. The lowest BCUT2D eigenvalue weighted by molar-refractivity contribution is -0.116. The summed E-state index contributed by atoms with van der Waals surface area (Å²) in [5.74, 6) is -1.34. The number of carbonyl (C=O) groups excluding carboxylic acids is 3. The smallest absolute Gasteiger partial charge is 0.363 e. The highest BCUT2D eigenvalue weighted by molar-refractivity contribution is 6.05. The number of ether oxygens (including phenoxy) is 2. The second-order valence-electron chi connectivity index (χ2n) is 6.84. The van der Waals surface area contributed by atoms with Crippen LogP contribution in [0.25, 0.3) is 5.69 Å². The van der Waals surface area contributed by atoms with E-state index in [1.165, 1.54) is 11.8 Å². The van der Waals surface area contributed by atoms with Gasteiger partial charge in [0.25, 0.3) is 0 Å². The number of Topliss-reactive ketones (excluding diaryl/α,β-unsaturated/α-hetero) is 1. The third-order valence-electron chi connectivity index (χ3n) is 4.94. The Bertz CT molecular complexity index is 1140. The van der Waals surface area contributed by atoms with Gasteiger partial charge in [0.1, 0.15) is 0 Å². The molecule has 1 aromatic heterocycles. The summed E-state index contributed by atoms with van der Waals surface area (Å²) in [6.45, 7) is 1.32. The Labute approximate surface area is 172 Å². The van der Waals surface area contributed by atoms with Gasteiger partial charge in [0.2, 0.25) is 11.6 Å². The van der Waals surface area contributed by atoms with Crippen LogP contribution in [0.1, 0.15) is 39.3 Å². The molecule has 1 N–H and O–H groups in total. The molecule has 0 bridgehead atoms. The molecule has 0 spiro atoms. The van der Waals surface area contributed by atoms with Crippen molar-refractivity contribution in [3.05, 3.63) is 71.5 Å². The molecule has 0 aliphatic carbocycles. The maximum Gasteiger partial charge on any atom is 0.363 e. The topological polar surface area (TPSA) is 99.5 Å². The third-order valence-corrected chi connectivity index (χ3v) is 4.94. The molecule has 8 heteroatoms. The molecule has 2 heterocycles. The summed E-state index contributed by atoms with van der Waals surface area (Å²) >= 11 is 0. The fraction of sp³-hybridized carbons (Fsp3) is 0.182. The molecular formula is C22H19N3O5. The van der Waals surface area contributed by atoms with E-state index in [4.69, 9.17) is 9.47 Å². The van der Waals surface area contributed by atoms with Gasteiger partial charge in [-0.15, -0.1) is 0 Å². The highest BCUT2D eigenvalue weighted by atomic mass is 16.5. The van der Waals surface area contributed by atoms with E-state index in [2.05, 4.69) is 10.4 Å². The van der Waals surface area contributed by atoms with Crippen molar-refractivity contribution in [1.29, 1.82) is 0 Å². The summed E-state index contributed by atoms with van der Waals surface area (Å²) in [5, 5.41) is 6.98. The minimum Gasteiger partial charge on any atom is -0.493 e. The van der Waals surface area contributed by atoms with Gasteiger partial charge in [0.05, 0.1) is 24.9 Å². The molecule has 0 radical (unpaired) electrons. The fourth-order valence-corrected chi connectivity index (χ4v) is 3.24. The Morgan fingerprint density at radius 3 is 2.67 bits per heavy atom.